The number of benzene rings is 1. The molecule has 1 N–H and O–H groups in total. The molecule has 1 aliphatic rings. The van der Waals surface area contributed by atoms with Crippen LogP contribution in [-0.2, 0) is 16.1 Å². The molecule has 2 heterocycles. The average Bonchev–Trinajstić information content (AvgIpc) is 2.91. The molecule has 0 bridgehead atoms. The van der Waals surface area contributed by atoms with Crippen LogP contribution >= 0.6 is 0 Å². The van der Waals surface area contributed by atoms with Gasteiger partial charge in [0.25, 0.3) is 0 Å². The fraction of sp³-hybridized carbons (Fsp3) is 0.357. The van der Waals surface area contributed by atoms with Gasteiger partial charge in [0.2, 0.25) is 0 Å². The van der Waals surface area contributed by atoms with Crippen molar-refractivity contribution in [2.24, 2.45) is 0 Å². The zero-order valence-corrected chi connectivity index (χ0v) is 11.1. The molecule has 1 atom stereocenters. The van der Waals surface area contributed by atoms with Crippen molar-refractivity contribution in [2.45, 2.75) is 25.3 Å². The van der Waals surface area contributed by atoms with E-state index in [9.17, 15) is 9.90 Å². The summed E-state index contributed by atoms with van der Waals surface area (Å²) in [5.74, 6) is 0.815. The van der Waals surface area contributed by atoms with Crippen molar-refractivity contribution in [3.05, 3.63) is 30.1 Å². The van der Waals surface area contributed by atoms with Crippen LogP contribution in [0.4, 0.5) is 0 Å². The molecule has 3 rings (SSSR count). The highest BCUT2D eigenvalue weighted by atomic mass is 16.5. The van der Waals surface area contributed by atoms with Crippen molar-refractivity contribution in [2.75, 3.05) is 7.11 Å². The summed E-state index contributed by atoms with van der Waals surface area (Å²) in [5.41, 5.74) is 0.813. The third-order valence-corrected chi connectivity index (χ3v) is 3.49. The monoisotopic (exact) mass is 273 g/mol. The third kappa shape index (κ3) is 2.13. The summed E-state index contributed by atoms with van der Waals surface area (Å²) in [7, 11) is 1.39. The fourth-order valence-corrected chi connectivity index (χ4v) is 2.45. The van der Waals surface area contributed by atoms with Crippen LogP contribution in [-0.4, -0.2) is 33.0 Å². The predicted octanol–water partition coefficient (Wildman–Crippen LogP) is 1.70. The number of carbonyl (C=O) groups is 1. The molecule has 6 heteroatoms. The molecule has 0 amide bonds. The zero-order valence-electron chi connectivity index (χ0n) is 11.1. The van der Waals surface area contributed by atoms with Gasteiger partial charge in [-0.2, -0.15) is 5.10 Å². The molecule has 20 heavy (non-hydrogen) atoms. The predicted molar refractivity (Wildman–Crippen MR) is 71.1 cm³/mol. The summed E-state index contributed by atoms with van der Waals surface area (Å²) >= 11 is 0. The minimum absolute atomic E-state index is 0.199. The van der Waals surface area contributed by atoms with Crippen LogP contribution in [0.25, 0.3) is 11.4 Å². The first-order valence-electron chi connectivity index (χ1n) is 6.51. The van der Waals surface area contributed by atoms with Gasteiger partial charge in [0.15, 0.2) is 5.82 Å². The number of rotatable bonds is 2. The van der Waals surface area contributed by atoms with Crippen LogP contribution in [0.2, 0.25) is 0 Å². The quantitative estimate of drug-likeness (QED) is 0.843. The van der Waals surface area contributed by atoms with Crippen LogP contribution in [0.3, 0.4) is 0 Å². The molecule has 0 saturated heterocycles. The summed E-state index contributed by atoms with van der Waals surface area (Å²) in [5, 5.41) is 13.7. The molecule has 0 radical (unpaired) electrons. The Hall–Kier alpha value is -2.37. The van der Waals surface area contributed by atoms with E-state index in [1.165, 1.54) is 7.11 Å². The summed E-state index contributed by atoms with van der Waals surface area (Å²) in [4.78, 5) is 16.3. The zero-order chi connectivity index (χ0) is 14.1. The minimum Gasteiger partial charge on any atom is -0.508 e. The molecule has 1 aliphatic heterocycles. The number of aromatic hydroxyl groups is 1. The Morgan fingerprint density at radius 1 is 1.40 bits per heavy atom. The molecule has 6 nitrogen and oxygen atoms in total. The number of phenolic OH excluding ortho intramolecular Hbond substituents is 1. The third-order valence-electron chi connectivity index (χ3n) is 3.49. The molecule has 1 aromatic carbocycles. The highest BCUT2D eigenvalue weighted by molar-refractivity contribution is 5.77. The number of hydrogen-bond donors (Lipinski definition) is 1. The Kier molecular flexibility index (Phi) is 3.14. The van der Waals surface area contributed by atoms with E-state index in [0.717, 1.165) is 24.9 Å². The number of aryl methyl sites for hydroxylation is 1. The van der Waals surface area contributed by atoms with Gasteiger partial charge < -0.3 is 9.84 Å². The lowest BCUT2D eigenvalue weighted by Crippen LogP contribution is -2.24. The van der Waals surface area contributed by atoms with E-state index in [1.54, 1.807) is 28.9 Å². The van der Waals surface area contributed by atoms with Crippen LogP contribution in [0.5, 0.6) is 5.75 Å². The number of methoxy groups -OCH3 is 1. The highest BCUT2D eigenvalue weighted by Gasteiger charge is 2.31. The summed E-state index contributed by atoms with van der Waals surface area (Å²) in [6.45, 7) is 0.758. The molecule has 0 fully saturated rings. The molecule has 1 aromatic heterocycles. The van der Waals surface area contributed by atoms with E-state index in [4.69, 9.17) is 4.74 Å². The van der Waals surface area contributed by atoms with E-state index >= 15 is 0 Å². The molecule has 1 unspecified atom stereocenters. The number of hydrogen-bond acceptors (Lipinski definition) is 5. The second kappa shape index (κ2) is 4.96. The van der Waals surface area contributed by atoms with E-state index in [-0.39, 0.29) is 17.6 Å². The maximum atomic E-state index is 11.8. The van der Waals surface area contributed by atoms with Crippen LogP contribution < -0.4 is 0 Å². The van der Waals surface area contributed by atoms with Gasteiger partial charge in [-0.1, -0.05) is 0 Å². The Bertz CT molecular complexity index is 634. The smallest absolute Gasteiger partial charge is 0.316 e. The molecule has 104 valence electrons. The van der Waals surface area contributed by atoms with Crippen LogP contribution in [0, 0.1) is 0 Å². The van der Waals surface area contributed by atoms with E-state index in [2.05, 4.69) is 10.1 Å². The Labute approximate surface area is 116 Å². The van der Waals surface area contributed by atoms with Gasteiger partial charge in [-0.15, -0.1) is 0 Å². The fourth-order valence-electron chi connectivity index (χ4n) is 2.45. The minimum atomic E-state index is -0.341. The van der Waals surface area contributed by atoms with Crippen molar-refractivity contribution in [3.8, 4) is 17.1 Å². The molecule has 0 spiro atoms. The maximum absolute atomic E-state index is 11.8. The first-order chi connectivity index (χ1) is 9.69. The first-order valence-corrected chi connectivity index (χ1v) is 6.51. The number of fused-ring (bicyclic) bond motifs is 1. The lowest BCUT2D eigenvalue weighted by atomic mass is 9.99. The average molecular weight is 273 g/mol. The molecular weight excluding hydrogens is 258 g/mol. The van der Waals surface area contributed by atoms with Crippen LogP contribution in [0.1, 0.15) is 24.6 Å². The highest BCUT2D eigenvalue weighted by Crippen LogP contribution is 2.29. The van der Waals surface area contributed by atoms with Gasteiger partial charge in [-0.25, -0.2) is 9.67 Å². The van der Waals surface area contributed by atoms with Crippen molar-refractivity contribution < 1.29 is 14.6 Å². The van der Waals surface area contributed by atoms with Gasteiger partial charge in [0.05, 0.1) is 7.11 Å². The Morgan fingerprint density at radius 3 is 2.85 bits per heavy atom. The van der Waals surface area contributed by atoms with Gasteiger partial charge in [-0.05, 0) is 37.1 Å². The first kappa shape index (κ1) is 12.7. The normalized spacial score (nSPS) is 17.6. The van der Waals surface area contributed by atoms with E-state index in [1.807, 2.05) is 0 Å². The van der Waals surface area contributed by atoms with Crippen molar-refractivity contribution in [1.82, 2.24) is 14.8 Å². The maximum Gasteiger partial charge on any atom is 0.316 e. The van der Waals surface area contributed by atoms with E-state index < -0.39 is 0 Å². The SMILES string of the molecule is COC(=O)C1CCCn2nc(-c3ccc(O)cc3)nc21. The second-order valence-corrected chi connectivity index (χ2v) is 4.78. The topological polar surface area (TPSA) is 77.2 Å². The number of carbonyl (C=O) groups excluding carboxylic acids is 1. The van der Waals surface area contributed by atoms with Crippen molar-refractivity contribution in [3.63, 3.8) is 0 Å². The summed E-state index contributed by atoms with van der Waals surface area (Å²) in [6, 6.07) is 6.69. The Morgan fingerprint density at radius 2 is 2.15 bits per heavy atom. The van der Waals surface area contributed by atoms with Gasteiger partial charge in [-0.3, -0.25) is 4.79 Å². The van der Waals surface area contributed by atoms with E-state index in [0.29, 0.717) is 11.6 Å². The molecule has 0 saturated carbocycles. The molecule has 2 aromatic rings. The number of ether oxygens (including phenoxy) is 1. The standard InChI is InChI=1S/C14H15N3O3/c1-20-14(19)11-3-2-8-17-13(11)15-12(16-17)9-4-6-10(18)7-5-9/h4-7,11,18H,2-3,8H2,1H3. The van der Waals surface area contributed by atoms with Gasteiger partial charge in [0.1, 0.15) is 17.5 Å². The Balaban J connectivity index is 1.99. The van der Waals surface area contributed by atoms with Gasteiger partial charge >= 0.3 is 5.97 Å². The molecular formula is C14H15N3O3. The summed E-state index contributed by atoms with van der Waals surface area (Å²) in [6.07, 6.45) is 1.62. The number of esters is 1. The lowest BCUT2D eigenvalue weighted by Gasteiger charge is -2.19. The van der Waals surface area contributed by atoms with Crippen LogP contribution in [0.15, 0.2) is 24.3 Å². The summed E-state index contributed by atoms with van der Waals surface area (Å²) < 4.78 is 6.60. The lowest BCUT2D eigenvalue weighted by molar-refractivity contribution is -0.143. The second-order valence-electron chi connectivity index (χ2n) is 4.78. The van der Waals surface area contributed by atoms with Gasteiger partial charge in [0, 0.05) is 12.1 Å². The largest absolute Gasteiger partial charge is 0.508 e. The number of nitrogens with zero attached hydrogens (tertiary/aromatic N) is 3. The number of phenols is 1. The number of aromatic nitrogens is 3. The van der Waals surface area contributed by atoms with Crippen molar-refractivity contribution in [1.29, 1.82) is 0 Å². The molecule has 0 aliphatic carbocycles. The van der Waals surface area contributed by atoms with Crippen molar-refractivity contribution >= 4 is 5.97 Å².